The van der Waals surface area contributed by atoms with Crippen LogP contribution in [-0.2, 0) is 6.54 Å². The number of nitrogens with two attached hydrogens (primary N) is 1. The average molecular weight is 200 g/mol. The summed E-state index contributed by atoms with van der Waals surface area (Å²) in [5.74, 6) is 0. The molecule has 0 aliphatic heterocycles. The first kappa shape index (κ1) is 10.7. The van der Waals surface area contributed by atoms with Crippen LogP contribution in [0.4, 0.5) is 8.78 Å². The van der Waals surface area contributed by atoms with E-state index in [0.717, 1.165) is 0 Å². The highest BCUT2D eigenvalue weighted by atomic mass is 19.3. The molecule has 0 saturated heterocycles. The van der Waals surface area contributed by atoms with Gasteiger partial charge in [0.1, 0.15) is 5.69 Å². The van der Waals surface area contributed by atoms with Gasteiger partial charge in [0, 0.05) is 18.3 Å². The van der Waals surface area contributed by atoms with E-state index in [4.69, 9.17) is 5.73 Å². The fourth-order valence-electron chi connectivity index (χ4n) is 1.21. The van der Waals surface area contributed by atoms with Crippen LogP contribution < -0.4 is 5.73 Å². The molecule has 5 heteroatoms. The molecule has 0 radical (unpaired) electrons. The summed E-state index contributed by atoms with van der Waals surface area (Å²) < 4.78 is 24.8. The van der Waals surface area contributed by atoms with Gasteiger partial charge in [-0.15, -0.1) is 0 Å². The van der Waals surface area contributed by atoms with Gasteiger partial charge in [-0.2, -0.15) is 0 Å². The molecule has 1 aromatic heterocycles. The van der Waals surface area contributed by atoms with Crippen LogP contribution in [0.15, 0.2) is 6.20 Å². The van der Waals surface area contributed by atoms with Crippen LogP contribution in [0.3, 0.4) is 0 Å². The molecule has 0 fully saturated rings. The van der Waals surface area contributed by atoms with Gasteiger partial charge in [-0.3, -0.25) is 9.78 Å². The average Bonchev–Trinajstić information content (AvgIpc) is 2.17. The van der Waals surface area contributed by atoms with E-state index in [0.29, 0.717) is 17.4 Å². The molecule has 0 aromatic carbocycles. The lowest BCUT2D eigenvalue weighted by atomic mass is 10.0. The van der Waals surface area contributed by atoms with E-state index in [1.54, 1.807) is 6.92 Å². The highest BCUT2D eigenvalue weighted by Crippen LogP contribution is 2.23. The maximum absolute atomic E-state index is 12.4. The van der Waals surface area contributed by atoms with Crippen LogP contribution in [0, 0.1) is 6.92 Å². The molecule has 0 aliphatic rings. The third-order valence-corrected chi connectivity index (χ3v) is 2.07. The summed E-state index contributed by atoms with van der Waals surface area (Å²) in [4.78, 5) is 14.1. The molecular weight excluding hydrogens is 190 g/mol. The van der Waals surface area contributed by atoms with Crippen molar-refractivity contribution < 1.29 is 13.6 Å². The molecule has 1 heterocycles. The summed E-state index contributed by atoms with van der Waals surface area (Å²) >= 11 is 0. The van der Waals surface area contributed by atoms with E-state index in [-0.39, 0.29) is 12.1 Å². The molecule has 1 aromatic rings. The third-order valence-electron chi connectivity index (χ3n) is 2.07. The summed E-state index contributed by atoms with van der Waals surface area (Å²) in [6, 6.07) is 0. The number of aldehydes is 1. The molecule has 76 valence electrons. The lowest BCUT2D eigenvalue weighted by molar-refractivity contribution is 0.110. The third kappa shape index (κ3) is 1.77. The molecule has 14 heavy (non-hydrogen) atoms. The van der Waals surface area contributed by atoms with Gasteiger partial charge in [-0.25, -0.2) is 8.78 Å². The smallest absolute Gasteiger partial charge is 0.281 e. The van der Waals surface area contributed by atoms with Crippen molar-refractivity contribution in [2.75, 3.05) is 0 Å². The fraction of sp³-hybridized carbons (Fsp3) is 0.333. The molecule has 2 N–H and O–H groups in total. The zero-order chi connectivity index (χ0) is 10.7. The molecule has 0 saturated carbocycles. The summed E-state index contributed by atoms with van der Waals surface area (Å²) in [7, 11) is 0. The minimum Gasteiger partial charge on any atom is -0.326 e. The monoisotopic (exact) mass is 200 g/mol. The van der Waals surface area contributed by atoms with Gasteiger partial charge in [0.15, 0.2) is 6.29 Å². The van der Waals surface area contributed by atoms with E-state index in [1.165, 1.54) is 6.20 Å². The topological polar surface area (TPSA) is 56.0 Å². The van der Waals surface area contributed by atoms with Crippen molar-refractivity contribution in [3.63, 3.8) is 0 Å². The van der Waals surface area contributed by atoms with Gasteiger partial charge in [0.05, 0.1) is 0 Å². The second kappa shape index (κ2) is 4.23. The van der Waals surface area contributed by atoms with Crippen molar-refractivity contribution in [1.82, 2.24) is 4.98 Å². The number of pyridine rings is 1. The standard InChI is InChI=1S/C9H10F2N2O/c1-5-6(2-12)3-13-8(9(10)11)7(5)4-14/h3-4,9H,2,12H2,1H3. The summed E-state index contributed by atoms with van der Waals surface area (Å²) in [5.41, 5.74) is 5.91. The molecule has 1 rings (SSSR count). The Kier molecular flexibility index (Phi) is 3.24. The first-order valence-corrected chi connectivity index (χ1v) is 4.03. The number of nitrogens with zero attached hydrogens (tertiary/aromatic N) is 1. The zero-order valence-corrected chi connectivity index (χ0v) is 7.63. The molecule has 0 aliphatic carbocycles. The quantitative estimate of drug-likeness (QED) is 0.754. The van der Waals surface area contributed by atoms with Crippen LogP contribution in [-0.4, -0.2) is 11.3 Å². The maximum atomic E-state index is 12.4. The predicted molar refractivity (Wildman–Crippen MR) is 47.2 cm³/mol. The Hall–Kier alpha value is -1.36. The lowest BCUT2D eigenvalue weighted by Crippen LogP contribution is -2.07. The highest BCUT2D eigenvalue weighted by molar-refractivity contribution is 5.79. The van der Waals surface area contributed by atoms with Gasteiger partial charge in [-0.1, -0.05) is 0 Å². The van der Waals surface area contributed by atoms with Gasteiger partial charge >= 0.3 is 0 Å². The van der Waals surface area contributed by atoms with E-state index in [2.05, 4.69) is 4.98 Å². The molecular formula is C9H10F2N2O. The van der Waals surface area contributed by atoms with Crippen molar-refractivity contribution >= 4 is 6.29 Å². The molecule has 0 spiro atoms. The fourth-order valence-corrected chi connectivity index (χ4v) is 1.21. The Morgan fingerprint density at radius 1 is 1.64 bits per heavy atom. The number of hydrogen-bond acceptors (Lipinski definition) is 3. The Bertz CT molecular complexity index is 353. The van der Waals surface area contributed by atoms with Crippen molar-refractivity contribution in [3.05, 3.63) is 28.6 Å². The van der Waals surface area contributed by atoms with Gasteiger partial charge in [0.25, 0.3) is 6.43 Å². The van der Waals surface area contributed by atoms with E-state index in [1.807, 2.05) is 0 Å². The van der Waals surface area contributed by atoms with Crippen LogP contribution in [0.25, 0.3) is 0 Å². The van der Waals surface area contributed by atoms with Crippen molar-refractivity contribution in [2.24, 2.45) is 5.73 Å². The molecule has 0 unspecified atom stereocenters. The van der Waals surface area contributed by atoms with Crippen LogP contribution in [0.1, 0.15) is 33.6 Å². The zero-order valence-electron chi connectivity index (χ0n) is 7.63. The normalized spacial score (nSPS) is 10.6. The van der Waals surface area contributed by atoms with Crippen molar-refractivity contribution in [1.29, 1.82) is 0 Å². The Morgan fingerprint density at radius 3 is 2.71 bits per heavy atom. The van der Waals surface area contributed by atoms with Crippen molar-refractivity contribution in [3.8, 4) is 0 Å². The Morgan fingerprint density at radius 2 is 2.29 bits per heavy atom. The second-order valence-electron chi connectivity index (χ2n) is 2.83. The number of carbonyl (C=O) groups excluding carboxylic acids is 1. The van der Waals surface area contributed by atoms with E-state index >= 15 is 0 Å². The second-order valence-corrected chi connectivity index (χ2v) is 2.83. The number of hydrogen-bond donors (Lipinski definition) is 1. The highest BCUT2D eigenvalue weighted by Gasteiger charge is 2.17. The Labute approximate surface area is 79.9 Å². The minimum absolute atomic E-state index is 0.0528. The summed E-state index contributed by atoms with van der Waals surface area (Å²) in [6.07, 6.45) is -1.06. The summed E-state index contributed by atoms with van der Waals surface area (Å²) in [5, 5.41) is 0. The van der Waals surface area contributed by atoms with Crippen LogP contribution in [0.2, 0.25) is 0 Å². The first-order valence-electron chi connectivity index (χ1n) is 4.03. The molecule has 0 bridgehead atoms. The number of alkyl halides is 2. The predicted octanol–water partition coefficient (Wildman–Crippen LogP) is 1.60. The Balaban J connectivity index is 3.35. The van der Waals surface area contributed by atoms with Gasteiger partial charge in [0.2, 0.25) is 0 Å². The van der Waals surface area contributed by atoms with Crippen molar-refractivity contribution in [2.45, 2.75) is 19.9 Å². The summed E-state index contributed by atoms with van der Waals surface area (Å²) in [6.45, 7) is 1.77. The van der Waals surface area contributed by atoms with Gasteiger partial charge in [-0.05, 0) is 18.1 Å². The number of halogens is 2. The molecule has 0 amide bonds. The maximum Gasteiger partial charge on any atom is 0.281 e. The van der Waals surface area contributed by atoms with E-state index < -0.39 is 12.1 Å². The van der Waals surface area contributed by atoms with Gasteiger partial charge < -0.3 is 5.73 Å². The first-order chi connectivity index (χ1) is 6.61. The number of rotatable bonds is 3. The van der Waals surface area contributed by atoms with Crippen LogP contribution in [0.5, 0.6) is 0 Å². The molecule has 0 atom stereocenters. The number of carbonyl (C=O) groups is 1. The van der Waals surface area contributed by atoms with E-state index in [9.17, 15) is 13.6 Å². The lowest BCUT2D eigenvalue weighted by Gasteiger charge is -2.09. The SMILES string of the molecule is Cc1c(CN)cnc(C(F)F)c1C=O. The largest absolute Gasteiger partial charge is 0.326 e. The molecule has 3 nitrogen and oxygen atoms in total. The minimum atomic E-state index is -2.74. The van der Waals surface area contributed by atoms with Crippen LogP contribution >= 0.6 is 0 Å². The number of aromatic nitrogens is 1.